The summed E-state index contributed by atoms with van der Waals surface area (Å²) in [6, 6.07) is 7.06. The van der Waals surface area contributed by atoms with Gasteiger partial charge in [-0.25, -0.2) is 0 Å². The Balaban J connectivity index is 1.82. The smallest absolute Gasteiger partial charge is 0.252 e. The second kappa shape index (κ2) is 7.77. The monoisotopic (exact) mass is 296 g/mol. The topological polar surface area (TPSA) is 35.5 Å². The zero-order valence-electron chi connectivity index (χ0n) is 11.8. The lowest BCUT2D eigenvalue weighted by Gasteiger charge is -2.29. The summed E-state index contributed by atoms with van der Waals surface area (Å²) < 4.78 is 11.5. The summed E-state index contributed by atoms with van der Waals surface area (Å²) >= 11 is 5.42. The molecule has 1 fully saturated rings. The minimum absolute atomic E-state index is 0.322. The third-order valence-electron chi connectivity index (χ3n) is 3.59. The third-order valence-corrected chi connectivity index (χ3v) is 3.81. The van der Waals surface area contributed by atoms with E-state index >= 15 is 0 Å². The third kappa shape index (κ3) is 4.30. The number of rotatable bonds is 6. The van der Waals surface area contributed by atoms with Gasteiger partial charge in [-0.15, -0.1) is 0 Å². The van der Waals surface area contributed by atoms with Crippen LogP contribution in [-0.4, -0.2) is 18.5 Å². The molecular formula is C16H21ClO3. The summed E-state index contributed by atoms with van der Waals surface area (Å²) in [5.74, 6) is 0.501. The van der Waals surface area contributed by atoms with E-state index < -0.39 is 5.24 Å². The number of hydrogen-bond acceptors (Lipinski definition) is 3. The molecule has 0 aromatic heterocycles. The van der Waals surface area contributed by atoms with E-state index in [1.54, 1.807) is 12.1 Å². The molecule has 1 aromatic carbocycles. The number of halogens is 1. The Kier molecular flexibility index (Phi) is 6.02. The van der Waals surface area contributed by atoms with Crippen molar-refractivity contribution in [2.45, 2.75) is 38.9 Å². The molecule has 0 unspecified atom stereocenters. The van der Waals surface area contributed by atoms with Crippen molar-refractivity contribution in [3.63, 3.8) is 0 Å². The number of unbranched alkanes of at least 4 members (excludes halogenated alkanes) is 2. The minimum Gasteiger partial charge on any atom is -0.348 e. The van der Waals surface area contributed by atoms with E-state index in [1.807, 2.05) is 12.1 Å². The lowest BCUT2D eigenvalue weighted by Crippen LogP contribution is -2.27. The van der Waals surface area contributed by atoms with E-state index in [-0.39, 0.29) is 6.29 Å². The van der Waals surface area contributed by atoms with Crippen molar-refractivity contribution in [3.05, 3.63) is 35.4 Å². The Morgan fingerprint density at radius 1 is 1.20 bits per heavy atom. The largest absolute Gasteiger partial charge is 0.348 e. The van der Waals surface area contributed by atoms with Gasteiger partial charge in [0.2, 0.25) is 0 Å². The van der Waals surface area contributed by atoms with Crippen LogP contribution in [-0.2, 0) is 9.47 Å². The average Bonchev–Trinajstić information content (AvgIpc) is 2.48. The molecule has 3 nitrogen and oxygen atoms in total. The Morgan fingerprint density at radius 3 is 2.40 bits per heavy atom. The normalized spacial score (nSPS) is 22.7. The van der Waals surface area contributed by atoms with E-state index in [1.165, 1.54) is 25.7 Å². The van der Waals surface area contributed by atoms with Gasteiger partial charge >= 0.3 is 0 Å². The van der Waals surface area contributed by atoms with Crippen LogP contribution in [0.5, 0.6) is 0 Å². The maximum absolute atomic E-state index is 11.0. The first-order valence-electron chi connectivity index (χ1n) is 7.23. The Hall–Kier alpha value is -0.900. The summed E-state index contributed by atoms with van der Waals surface area (Å²) in [5.41, 5.74) is 1.42. The molecule has 4 heteroatoms. The van der Waals surface area contributed by atoms with Gasteiger partial charge in [0.1, 0.15) is 0 Å². The number of benzene rings is 1. The van der Waals surface area contributed by atoms with Crippen molar-refractivity contribution in [1.82, 2.24) is 0 Å². The molecular weight excluding hydrogens is 276 g/mol. The van der Waals surface area contributed by atoms with Crippen molar-refractivity contribution >= 4 is 16.8 Å². The summed E-state index contributed by atoms with van der Waals surface area (Å²) in [5, 5.41) is -0.446. The molecule has 0 N–H and O–H groups in total. The summed E-state index contributed by atoms with van der Waals surface area (Å²) in [7, 11) is 0. The van der Waals surface area contributed by atoms with E-state index in [2.05, 4.69) is 6.92 Å². The Bertz CT molecular complexity index is 422. The molecule has 2 rings (SSSR count). The quantitative estimate of drug-likeness (QED) is 0.580. The molecule has 1 saturated heterocycles. The lowest BCUT2D eigenvalue weighted by molar-refractivity contribution is -0.206. The molecule has 0 bridgehead atoms. The molecule has 0 radical (unpaired) electrons. The van der Waals surface area contributed by atoms with Crippen LogP contribution in [0.25, 0.3) is 0 Å². The number of hydrogen-bond donors (Lipinski definition) is 0. The van der Waals surface area contributed by atoms with E-state index in [0.29, 0.717) is 11.5 Å². The van der Waals surface area contributed by atoms with Crippen LogP contribution in [0.2, 0.25) is 0 Å². The van der Waals surface area contributed by atoms with Gasteiger partial charge < -0.3 is 9.47 Å². The molecule has 20 heavy (non-hydrogen) atoms. The molecule has 1 heterocycles. The SMILES string of the molecule is CCCCCC1COC(c2ccc(C(=O)Cl)cc2)OC1. The van der Waals surface area contributed by atoms with Gasteiger partial charge in [-0.05, 0) is 30.2 Å². The Labute approximate surface area is 125 Å². The Morgan fingerprint density at radius 2 is 1.85 bits per heavy atom. The molecule has 0 saturated carbocycles. The first-order valence-corrected chi connectivity index (χ1v) is 7.61. The molecule has 0 spiro atoms. The van der Waals surface area contributed by atoms with Gasteiger partial charge in [-0.1, -0.05) is 38.3 Å². The molecule has 0 aliphatic carbocycles. The maximum Gasteiger partial charge on any atom is 0.252 e. The maximum atomic E-state index is 11.0. The van der Waals surface area contributed by atoms with Crippen molar-refractivity contribution in [2.24, 2.45) is 5.92 Å². The predicted octanol–water partition coefficient (Wildman–Crippen LogP) is 4.31. The van der Waals surface area contributed by atoms with Crippen molar-refractivity contribution in [2.75, 3.05) is 13.2 Å². The molecule has 0 atom stereocenters. The zero-order valence-corrected chi connectivity index (χ0v) is 12.6. The second-order valence-electron chi connectivity index (χ2n) is 5.26. The highest BCUT2D eigenvalue weighted by atomic mass is 35.5. The highest BCUT2D eigenvalue weighted by molar-refractivity contribution is 6.67. The fraction of sp³-hybridized carbons (Fsp3) is 0.562. The standard InChI is InChI=1S/C16H21ClO3/c1-2-3-4-5-12-10-19-16(20-11-12)14-8-6-13(7-9-14)15(17)18/h6-9,12,16H,2-5,10-11H2,1H3. The minimum atomic E-state index is -0.446. The van der Waals surface area contributed by atoms with E-state index in [9.17, 15) is 4.79 Å². The molecule has 1 aromatic rings. The molecule has 110 valence electrons. The van der Waals surface area contributed by atoms with Crippen LogP contribution < -0.4 is 0 Å². The second-order valence-corrected chi connectivity index (χ2v) is 5.60. The van der Waals surface area contributed by atoms with Crippen molar-refractivity contribution < 1.29 is 14.3 Å². The first-order chi connectivity index (χ1) is 9.70. The average molecular weight is 297 g/mol. The number of carbonyl (C=O) groups is 1. The highest BCUT2D eigenvalue weighted by Crippen LogP contribution is 2.27. The van der Waals surface area contributed by atoms with Crippen LogP contribution in [0.3, 0.4) is 0 Å². The molecule has 0 amide bonds. The van der Waals surface area contributed by atoms with Gasteiger partial charge in [0, 0.05) is 17.0 Å². The highest BCUT2D eigenvalue weighted by Gasteiger charge is 2.23. The summed E-state index contributed by atoms with van der Waals surface area (Å²) in [4.78, 5) is 11.0. The van der Waals surface area contributed by atoms with Crippen LogP contribution in [0.4, 0.5) is 0 Å². The summed E-state index contributed by atoms with van der Waals surface area (Å²) in [6.45, 7) is 3.69. The molecule has 1 aliphatic heterocycles. The van der Waals surface area contributed by atoms with Crippen LogP contribution >= 0.6 is 11.6 Å². The van der Waals surface area contributed by atoms with Crippen LogP contribution in [0.15, 0.2) is 24.3 Å². The fourth-order valence-electron chi connectivity index (χ4n) is 2.36. The van der Waals surface area contributed by atoms with Gasteiger partial charge in [-0.3, -0.25) is 4.79 Å². The van der Waals surface area contributed by atoms with Gasteiger partial charge in [-0.2, -0.15) is 0 Å². The van der Waals surface area contributed by atoms with Crippen LogP contribution in [0.1, 0.15) is 54.8 Å². The van der Waals surface area contributed by atoms with Gasteiger partial charge in [0.05, 0.1) is 13.2 Å². The number of ether oxygens (including phenoxy) is 2. The molecule has 1 aliphatic rings. The number of carbonyl (C=O) groups excluding carboxylic acids is 1. The van der Waals surface area contributed by atoms with E-state index in [4.69, 9.17) is 21.1 Å². The predicted molar refractivity (Wildman–Crippen MR) is 78.9 cm³/mol. The van der Waals surface area contributed by atoms with Gasteiger partial charge in [0.15, 0.2) is 6.29 Å². The van der Waals surface area contributed by atoms with E-state index in [0.717, 1.165) is 18.8 Å². The fourth-order valence-corrected chi connectivity index (χ4v) is 2.48. The zero-order chi connectivity index (χ0) is 14.4. The lowest BCUT2D eigenvalue weighted by atomic mass is 10.0. The van der Waals surface area contributed by atoms with Crippen LogP contribution in [0, 0.1) is 5.92 Å². The van der Waals surface area contributed by atoms with Gasteiger partial charge in [0.25, 0.3) is 5.24 Å². The first kappa shape index (κ1) is 15.5. The van der Waals surface area contributed by atoms with Crippen molar-refractivity contribution in [3.8, 4) is 0 Å². The summed E-state index contributed by atoms with van der Waals surface area (Å²) in [6.07, 6.45) is 4.60. The van der Waals surface area contributed by atoms with Crippen molar-refractivity contribution in [1.29, 1.82) is 0 Å².